The second kappa shape index (κ2) is 5.85. The van der Waals surface area contributed by atoms with Crippen LogP contribution in [0.4, 0.5) is 0 Å². The van der Waals surface area contributed by atoms with Crippen LogP contribution in [0.25, 0.3) is 0 Å². The van der Waals surface area contributed by atoms with Crippen LogP contribution >= 0.6 is 0 Å². The third-order valence-electron chi connectivity index (χ3n) is 4.98. The second-order valence-electron chi connectivity index (χ2n) is 6.46. The average Bonchev–Trinajstić information content (AvgIpc) is 3.15. The highest BCUT2D eigenvalue weighted by Gasteiger charge is 2.31. The minimum atomic E-state index is -0.00499. The van der Waals surface area contributed by atoms with Gasteiger partial charge < -0.3 is 14.2 Å². The van der Waals surface area contributed by atoms with Crippen molar-refractivity contribution < 1.29 is 14.2 Å². The van der Waals surface area contributed by atoms with E-state index in [9.17, 15) is 0 Å². The predicted octanol–water partition coefficient (Wildman–Crippen LogP) is 5.07. The van der Waals surface area contributed by atoms with E-state index in [2.05, 4.69) is 54.6 Å². The smallest absolute Gasteiger partial charge is 0.231 e. The van der Waals surface area contributed by atoms with E-state index in [1.54, 1.807) is 0 Å². The van der Waals surface area contributed by atoms with Gasteiger partial charge in [0.1, 0.15) is 11.9 Å². The number of fused-ring (bicyclic) bond motifs is 2. The Hall–Kier alpha value is -2.94. The number of hydrogen-bond acceptors (Lipinski definition) is 3. The Bertz CT molecular complexity index is 904. The van der Waals surface area contributed by atoms with E-state index in [1.165, 1.54) is 11.1 Å². The van der Waals surface area contributed by atoms with Gasteiger partial charge in [-0.2, -0.15) is 0 Å². The van der Waals surface area contributed by atoms with E-state index in [4.69, 9.17) is 14.2 Å². The summed E-state index contributed by atoms with van der Waals surface area (Å²) in [5, 5.41) is 0. The van der Waals surface area contributed by atoms with Gasteiger partial charge in [-0.15, -0.1) is 0 Å². The number of rotatable bonds is 2. The monoisotopic (exact) mass is 330 g/mol. The Morgan fingerprint density at radius 1 is 0.680 bits per heavy atom. The lowest BCUT2D eigenvalue weighted by atomic mass is 9.82. The van der Waals surface area contributed by atoms with Gasteiger partial charge in [-0.25, -0.2) is 0 Å². The lowest BCUT2D eigenvalue weighted by molar-refractivity contribution is 0.165. The molecule has 25 heavy (non-hydrogen) atoms. The minimum Gasteiger partial charge on any atom is -0.485 e. The van der Waals surface area contributed by atoms with Crippen LogP contribution in [0.3, 0.4) is 0 Å². The van der Waals surface area contributed by atoms with Gasteiger partial charge >= 0.3 is 0 Å². The molecule has 0 amide bonds. The van der Waals surface area contributed by atoms with E-state index in [1.807, 2.05) is 18.2 Å². The third kappa shape index (κ3) is 2.52. The largest absolute Gasteiger partial charge is 0.485 e. The second-order valence-corrected chi connectivity index (χ2v) is 6.46. The fraction of sp³-hybridized carbons (Fsp3) is 0.182. The van der Waals surface area contributed by atoms with Crippen LogP contribution in [0, 0.1) is 0 Å². The Morgan fingerprint density at radius 2 is 1.48 bits per heavy atom. The molecule has 0 radical (unpaired) electrons. The van der Waals surface area contributed by atoms with Crippen molar-refractivity contribution in [2.75, 3.05) is 6.79 Å². The van der Waals surface area contributed by atoms with Crippen LogP contribution in [0.15, 0.2) is 72.8 Å². The van der Waals surface area contributed by atoms with Crippen molar-refractivity contribution in [2.24, 2.45) is 0 Å². The summed E-state index contributed by atoms with van der Waals surface area (Å²) in [5.41, 5.74) is 3.70. The lowest BCUT2D eigenvalue weighted by Gasteiger charge is -2.33. The molecule has 3 aromatic rings. The number of para-hydroxylation sites is 1. The average molecular weight is 330 g/mol. The zero-order valence-electron chi connectivity index (χ0n) is 13.7. The van der Waals surface area contributed by atoms with Crippen molar-refractivity contribution in [3.05, 3.63) is 89.5 Å². The van der Waals surface area contributed by atoms with E-state index in [0.29, 0.717) is 12.7 Å². The van der Waals surface area contributed by atoms with Crippen molar-refractivity contribution in [3.63, 3.8) is 0 Å². The molecule has 2 aliphatic heterocycles. The predicted molar refractivity (Wildman–Crippen MR) is 95.3 cm³/mol. The first-order chi connectivity index (χ1) is 12.4. The van der Waals surface area contributed by atoms with Crippen molar-refractivity contribution in [1.29, 1.82) is 0 Å². The normalized spacial score (nSPS) is 20.6. The first kappa shape index (κ1) is 14.4. The SMILES string of the molecule is c1ccc([C@@H]2C[C@H](c3ccc4c(c3)OCO4)Oc3ccccc32)cc1. The van der Waals surface area contributed by atoms with E-state index in [0.717, 1.165) is 29.2 Å². The molecule has 2 aliphatic rings. The Balaban J connectivity index is 1.55. The zero-order chi connectivity index (χ0) is 16.6. The van der Waals surface area contributed by atoms with Gasteiger partial charge in [-0.3, -0.25) is 0 Å². The molecule has 2 atom stereocenters. The number of ether oxygens (including phenoxy) is 3. The molecule has 0 saturated heterocycles. The quantitative estimate of drug-likeness (QED) is 0.656. The van der Waals surface area contributed by atoms with Crippen molar-refractivity contribution >= 4 is 0 Å². The summed E-state index contributed by atoms with van der Waals surface area (Å²) in [4.78, 5) is 0. The van der Waals surface area contributed by atoms with E-state index in [-0.39, 0.29) is 6.10 Å². The highest BCUT2D eigenvalue weighted by atomic mass is 16.7. The summed E-state index contributed by atoms with van der Waals surface area (Å²) in [6, 6.07) is 25.1. The summed E-state index contributed by atoms with van der Waals surface area (Å²) < 4.78 is 17.3. The molecule has 3 nitrogen and oxygen atoms in total. The summed E-state index contributed by atoms with van der Waals surface area (Å²) in [7, 11) is 0. The zero-order valence-corrected chi connectivity index (χ0v) is 13.7. The van der Waals surface area contributed by atoms with Crippen molar-refractivity contribution in [3.8, 4) is 17.2 Å². The number of hydrogen-bond donors (Lipinski definition) is 0. The van der Waals surface area contributed by atoms with Gasteiger partial charge in [0.2, 0.25) is 6.79 Å². The molecular formula is C22H18O3. The molecule has 124 valence electrons. The van der Waals surface area contributed by atoms with E-state index < -0.39 is 0 Å². The molecule has 0 aromatic heterocycles. The Labute approximate surface area is 146 Å². The van der Waals surface area contributed by atoms with Crippen LogP contribution < -0.4 is 14.2 Å². The number of benzene rings is 3. The Morgan fingerprint density at radius 3 is 2.40 bits per heavy atom. The maximum Gasteiger partial charge on any atom is 0.231 e. The minimum absolute atomic E-state index is 0.00499. The first-order valence-electron chi connectivity index (χ1n) is 8.58. The molecule has 0 fully saturated rings. The highest BCUT2D eigenvalue weighted by Crippen LogP contribution is 2.46. The molecule has 3 aromatic carbocycles. The van der Waals surface area contributed by atoms with Crippen LogP contribution in [0.2, 0.25) is 0 Å². The van der Waals surface area contributed by atoms with Crippen LogP contribution in [0.1, 0.15) is 35.1 Å². The molecule has 0 bridgehead atoms. The van der Waals surface area contributed by atoms with Crippen LogP contribution in [-0.2, 0) is 0 Å². The summed E-state index contributed by atoms with van der Waals surface area (Å²) in [5.74, 6) is 2.89. The van der Waals surface area contributed by atoms with Gasteiger partial charge in [-0.1, -0.05) is 54.6 Å². The molecule has 0 aliphatic carbocycles. The van der Waals surface area contributed by atoms with Crippen molar-refractivity contribution in [1.82, 2.24) is 0 Å². The third-order valence-corrected chi connectivity index (χ3v) is 4.98. The fourth-order valence-corrected chi connectivity index (χ4v) is 3.74. The maximum absolute atomic E-state index is 6.33. The standard InChI is InChI=1S/C22H18O3/c1-2-6-15(7-3-1)18-13-21(25-19-9-5-4-8-17(18)19)16-10-11-20-22(12-16)24-14-23-20/h1-12,18,21H,13-14H2/t18-,21+/m0/s1. The van der Waals surface area contributed by atoms with Gasteiger partial charge in [0.25, 0.3) is 0 Å². The summed E-state index contributed by atoms with van der Waals surface area (Å²) in [6.45, 7) is 0.291. The molecule has 0 unspecified atom stereocenters. The molecule has 0 spiro atoms. The molecule has 0 saturated carbocycles. The van der Waals surface area contributed by atoms with Gasteiger partial charge in [0.15, 0.2) is 11.5 Å². The summed E-state index contributed by atoms with van der Waals surface area (Å²) >= 11 is 0. The molecular weight excluding hydrogens is 312 g/mol. The fourth-order valence-electron chi connectivity index (χ4n) is 3.74. The molecule has 3 heteroatoms. The lowest BCUT2D eigenvalue weighted by Crippen LogP contribution is -2.19. The Kier molecular flexibility index (Phi) is 3.37. The summed E-state index contributed by atoms with van der Waals surface area (Å²) in [6.07, 6.45) is 0.898. The topological polar surface area (TPSA) is 27.7 Å². The van der Waals surface area contributed by atoms with Crippen LogP contribution in [-0.4, -0.2) is 6.79 Å². The van der Waals surface area contributed by atoms with Gasteiger partial charge in [-0.05, 0) is 35.7 Å². The maximum atomic E-state index is 6.33. The van der Waals surface area contributed by atoms with Gasteiger partial charge in [0, 0.05) is 11.5 Å². The molecule has 5 rings (SSSR count). The van der Waals surface area contributed by atoms with Crippen molar-refractivity contribution in [2.45, 2.75) is 18.4 Å². The highest BCUT2D eigenvalue weighted by molar-refractivity contribution is 5.48. The molecule has 0 N–H and O–H groups in total. The first-order valence-corrected chi connectivity index (χ1v) is 8.58. The van der Waals surface area contributed by atoms with Gasteiger partial charge in [0.05, 0.1) is 0 Å². The van der Waals surface area contributed by atoms with E-state index >= 15 is 0 Å². The van der Waals surface area contributed by atoms with Crippen LogP contribution in [0.5, 0.6) is 17.2 Å². The molecule has 2 heterocycles.